The van der Waals surface area contributed by atoms with Gasteiger partial charge in [-0.3, -0.25) is 0 Å². The van der Waals surface area contributed by atoms with Crippen LogP contribution >= 0.6 is 15.9 Å². The van der Waals surface area contributed by atoms with Crippen LogP contribution in [0.25, 0.3) is 0 Å². The number of aryl methyl sites for hydroxylation is 1. The molecule has 0 radical (unpaired) electrons. The third kappa shape index (κ3) is 6.72. The van der Waals surface area contributed by atoms with Crippen LogP contribution in [0.1, 0.15) is 44.6 Å². The van der Waals surface area contributed by atoms with Crippen molar-refractivity contribution in [2.45, 2.75) is 45.4 Å². The minimum absolute atomic E-state index is 0.845. The molecule has 0 aliphatic carbocycles. The largest absolute Gasteiger partial charge is 0.494 e. The predicted octanol–water partition coefficient (Wildman–Crippen LogP) is 4.97. The second kappa shape index (κ2) is 9.52. The Morgan fingerprint density at radius 1 is 1.12 bits per heavy atom. The van der Waals surface area contributed by atoms with Crippen LogP contribution in [-0.2, 0) is 6.42 Å². The molecule has 1 rings (SSSR count). The third-order valence-corrected chi connectivity index (χ3v) is 3.29. The van der Waals surface area contributed by atoms with Crippen LogP contribution < -0.4 is 4.74 Å². The molecule has 2 heteroatoms. The molecule has 0 bridgehead atoms. The number of benzene rings is 1. The van der Waals surface area contributed by atoms with Crippen LogP contribution in [-0.4, -0.2) is 11.9 Å². The Balaban J connectivity index is 2.19. The van der Waals surface area contributed by atoms with Gasteiger partial charge in [-0.25, -0.2) is 0 Å². The van der Waals surface area contributed by atoms with Crippen molar-refractivity contribution in [3.05, 3.63) is 29.8 Å². The van der Waals surface area contributed by atoms with Crippen molar-refractivity contribution < 1.29 is 4.74 Å². The van der Waals surface area contributed by atoms with Gasteiger partial charge in [-0.05, 0) is 37.0 Å². The zero-order valence-electron chi connectivity index (χ0n) is 10.8. The quantitative estimate of drug-likeness (QED) is 0.462. The highest BCUT2D eigenvalue weighted by atomic mass is 79.9. The SMILES string of the molecule is CCCc1cccc(OCCCCCCBr)c1. The average molecular weight is 299 g/mol. The zero-order chi connectivity index (χ0) is 12.3. The third-order valence-electron chi connectivity index (χ3n) is 2.73. The van der Waals surface area contributed by atoms with Crippen LogP contribution in [0.4, 0.5) is 0 Å². The lowest BCUT2D eigenvalue weighted by Gasteiger charge is -2.07. The highest BCUT2D eigenvalue weighted by Gasteiger charge is 1.96. The lowest BCUT2D eigenvalue weighted by atomic mass is 10.1. The smallest absolute Gasteiger partial charge is 0.119 e. The van der Waals surface area contributed by atoms with Crippen LogP contribution in [0.2, 0.25) is 0 Å². The van der Waals surface area contributed by atoms with Gasteiger partial charge < -0.3 is 4.74 Å². The van der Waals surface area contributed by atoms with Gasteiger partial charge >= 0.3 is 0 Å². The Labute approximate surface area is 114 Å². The van der Waals surface area contributed by atoms with Gasteiger partial charge in [-0.1, -0.05) is 54.2 Å². The Morgan fingerprint density at radius 3 is 2.71 bits per heavy atom. The van der Waals surface area contributed by atoms with Gasteiger partial charge in [0.1, 0.15) is 5.75 Å². The summed E-state index contributed by atoms with van der Waals surface area (Å²) in [7, 11) is 0. The molecule has 1 nitrogen and oxygen atoms in total. The van der Waals surface area contributed by atoms with Gasteiger partial charge in [-0.2, -0.15) is 0 Å². The van der Waals surface area contributed by atoms with E-state index in [1.165, 1.54) is 31.2 Å². The molecule has 0 saturated carbocycles. The van der Waals surface area contributed by atoms with Crippen LogP contribution in [0.5, 0.6) is 5.75 Å². The molecule has 1 aromatic rings. The van der Waals surface area contributed by atoms with Crippen molar-refractivity contribution >= 4 is 15.9 Å². The van der Waals surface area contributed by atoms with E-state index >= 15 is 0 Å². The number of hydrogen-bond donors (Lipinski definition) is 0. The topological polar surface area (TPSA) is 9.23 Å². The standard InChI is InChI=1S/C15H23BrO/c1-2-8-14-9-7-10-15(13-14)17-12-6-4-3-5-11-16/h7,9-10,13H,2-6,8,11-12H2,1H3. The summed E-state index contributed by atoms with van der Waals surface area (Å²) in [5.41, 5.74) is 1.38. The van der Waals surface area contributed by atoms with E-state index in [-0.39, 0.29) is 0 Å². The minimum Gasteiger partial charge on any atom is -0.494 e. The molecule has 0 amide bonds. The maximum atomic E-state index is 5.76. The Bertz CT molecular complexity index is 299. The number of ether oxygens (including phenoxy) is 1. The summed E-state index contributed by atoms with van der Waals surface area (Å²) >= 11 is 3.45. The van der Waals surface area contributed by atoms with E-state index in [2.05, 4.69) is 47.1 Å². The van der Waals surface area contributed by atoms with Crippen LogP contribution in [0.15, 0.2) is 24.3 Å². The molecular formula is C15H23BrO. The van der Waals surface area contributed by atoms with E-state index in [4.69, 9.17) is 4.74 Å². The molecular weight excluding hydrogens is 276 g/mol. The van der Waals surface area contributed by atoms with Gasteiger partial charge in [0, 0.05) is 5.33 Å². The summed E-state index contributed by atoms with van der Waals surface area (Å²) < 4.78 is 5.76. The fourth-order valence-corrected chi connectivity index (χ4v) is 2.22. The fraction of sp³-hybridized carbons (Fsp3) is 0.600. The molecule has 0 aliphatic heterocycles. The fourth-order valence-electron chi connectivity index (χ4n) is 1.82. The second-order valence-corrected chi connectivity index (χ2v) is 5.14. The molecule has 0 aliphatic rings. The molecule has 0 aromatic heterocycles. The zero-order valence-corrected chi connectivity index (χ0v) is 12.3. The van der Waals surface area contributed by atoms with E-state index in [0.717, 1.165) is 30.5 Å². The first-order chi connectivity index (χ1) is 8.36. The van der Waals surface area contributed by atoms with Crippen molar-refractivity contribution in [2.75, 3.05) is 11.9 Å². The van der Waals surface area contributed by atoms with Crippen LogP contribution in [0.3, 0.4) is 0 Å². The summed E-state index contributed by atoms with van der Waals surface area (Å²) in [4.78, 5) is 0. The van der Waals surface area contributed by atoms with Crippen LogP contribution in [0, 0.1) is 0 Å². The van der Waals surface area contributed by atoms with E-state index in [9.17, 15) is 0 Å². The number of rotatable bonds is 9. The molecule has 0 saturated heterocycles. The van der Waals surface area contributed by atoms with E-state index in [0.29, 0.717) is 0 Å². The number of alkyl halides is 1. The van der Waals surface area contributed by atoms with E-state index in [1.54, 1.807) is 0 Å². The Kier molecular flexibility index (Phi) is 8.16. The first-order valence-electron chi connectivity index (χ1n) is 6.64. The lowest BCUT2D eigenvalue weighted by Crippen LogP contribution is -1.98. The number of halogens is 1. The molecule has 17 heavy (non-hydrogen) atoms. The maximum absolute atomic E-state index is 5.76. The molecule has 96 valence electrons. The summed E-state index contributed by atoms with van der Waals surface area (Å²) in [6.45, 7) is 3.05. The minimum atomic E-state index is 0.845. The highest BCUT2D eigenvalue weighted by molar-refractivity contribution is 9.09. The predicted molar refractivity (Wildman–Crippen MR) is 78.2 cm³/mol. The van der Waals surface area contributed by atoms with Crippen molar-refractivity contribution in [3.63, 3.8) is 0 Å². The molecule has 1 aromatic carbocycles. The summed E-state index contributed by atoms with van der Waals surface area (Å²) in [5, 5.41) is 1.12. The number of unbranched alkanes of at least 4 members (excludes halogenated alkanes) is 3. The first kappa shape index (κ1) is 14.6. The Hall–Kier alpha value is -0.500. The van der Waals surface area contributed by atoms with Crippen molar-refractivity contribution in [1.29, 1.82) is 0 Å². The van der Waals surface area contributed by atoms with Crippen molar-refractivity contribution in [2.24, 2.45) is 0 Å². The maximum Gasteiger partial charge on any atom is 0.119 e. The molecule has 0 fully saturated rings. The second-order valence-electron chi connectivity index (χ2n) is 4.35. The summed E-state index contributed by atoms with van der Waals surface area (Å²) in [6, 6.07) is 8.48. The molecule has 0 N–H and O–H groups in total. The normalized spacial score (nSPS) is 10.5. The van der Waals surface area contributed by atoms with Gasteiger partial charge in [-0.15, -0.1) is 0 Å². The first-order valence-corrected chi connectivity index (χ1v) is 7.76. The monoisotopic (exact) mass is 298 g/mol. The molecule has 0 heterocycles. The van der Waals surface area contributed by atoms with Gasteiger partial charge in [0.2, 0.25) is 0 Å². The van der Waals surface area contributed by atoms with Gasteiger partial charge in [0.25, 0.3) is 0 Å². The van der Waals surface area contributed by atoms with E-state index in [1.807, 2.05) is 0 Å². The van der Waals surface area contributed by atoms with Gasteiger partial charge in [0.15, 0.2) is 0 Å². The van der Waals surface area contributed by atoms with Crippen molar-refractivity contribution in [3.8, 4) is 5.75 Å². The van der Waals surface area contributed by atoms with Gasteiger partial charge in [0.05, 0.1) is 6.61 Å². The molecule has 0 unspecified atom stereocenters. The highest BCUT2D eigenvalue weighted by Crippen LogP contribution is 2.15. The summed E-state index contributed by atoms with van der Waals surface area (Å²) in [6.07, 6.45) is 7.32. The average Bonchev–Trinajstić information content (AvgIpc) is 2.35. The van der Waals surface area contributed by atoms with Crippen molar-refractivity contribution in [1.82, 2.24) is 0 Å². The molecule has 0 spiro atoms. The van der Waals surface area contributed by atoms with E-state index < -0.39 is 0 Å². The molecule has 0 atom stereocenters. The lowest BCUT2D eigenvalue weighted by molar-refractivity contribution is 0.305. The number of hydrogen-bond acceptors (Lipinski definition) is 1. The Morgan fingerprint density at radius 2 is 1.94 bits per heavy atom. The summed E-state index contributed by atoms with van der Waals surface area (Å²) in [5.74, 6) is 1.02.